The van der Waals surface area contributed by atoms with Crippen molar-refractivity contribution in [2.75, 3.05) is 0 Å². The molecule has 0 amide bonds. The fourth-order valence-electron chi connectivity index (χ4n) is 1.47. The maximum atomic E-state index is 10.8. The van der Waals surface area contributed by atoms with Gasteiger partial charge in [-0.15, -0.1) is 8.43 Å². The Morgan fingerprint density at radius 3 is 2.60 bits per heavy atom. The van der Waals surface area contributed by atoms with Crippen molar-refractivity contribution in [3.8, 4) is 0 Å². The van der Waals surface area contributed by atoms with Crippen LogP contribution in [0.2, 0.25) is 0 Å². The number of rotatable bonds is 1. The first-order chi connectivity index (χ1) is 7.33. The first-order valence-corrected chi connectivity index (χ1v) is 5.39. The molecule has 0 saturated heterocycles. The van der Waals surface area contributed by atoms with Crippen LogP contribution in [0.3, 0.4) is 0 Å². The van der Waals surface area contributed by atoms with Crippen LogP contribution in [0.15, 0.2) is 48.6 Å². The first kappa shape index (κ1) is 10.0. The van der Waals surface area contributed by atoms with Crippen LogP contribution in [0.5, 0.6) is 0 Å². The van der Waals surface area contributed by atoms with Crippen molar-refractivity contribution in [3.05, 3.63) is 54.1 Å². The van der Waals surface area contributed by atoms with E-state index in [1.165, 1.54) is 0 Å². The molecule has 0 N–H and O–H groups in total. The van der Waals surface area contributed by atoms with Gasteiger partial charge in [-0.05, 0) is 18.2 Å². The fourth-order valence-corrected chi connectivity index (χ4v) is 1.82. The standard InChI is InChI=1S/C12H10NOP/c1-13-11(8-5-9-12(13)15-14)10-6-3-2-4-7-10/h2-9H,1H2. The lowest BCUT2D eigenvalue weighted by molar-refractivity contribution is -0.281. The van der Waals surface area contributed by atoms with Gasteiger partial charge < -0.3 is 4.89 Å². The topological polar surface area (TPSA) is 26.1 Å². The quantitative estimate of drug-likeness (QED) is 0.517. The van der Waals surface area contributed by atoms with Crippen molar-refractivity contribution in [1.29, 1.82) is 0 Å². The predicted octanol–water partition coefficient (Wildman–Crippen LogP) is 1.66. The smallest absolute Gasteiger partial charge is 0.218 e. The van der Waals surface area contributed by atoms with Crippen molar-refractivity contribution >= 4 is 26.3 Å². The first-order valence-electron chi connectivity index (χ1n) is 4.57. The molecule has 1 aromatic rings. The van der Waals surface area contributed by atoms with Gasteiger partial charge in [0, 0.05) is 17.7 Å². The van der Waals surface area contributed by atoms with Crippen molar-refractivity contribution in [1.82, 2.24) is 0 Å². The molecule has 15 heavy (non-hydrogen) atoms. The molecule has 0 bridgehead atoms. The van der Waals surface area contributed by atoms with Gasteiger partial charge in [0.15, 0.2) is 0 Å². The zero-order valence-corrected chi connectivity index (χ0v) is 9.02. The van der Waals surface area contributed by atoms with E-state index in [0.717, 1.165) is 11.3 Å². The molecule has 0 atom stereocenters. The van der Waals surface area contributed by atoms with Gasteiger partial charge in [0.25, 0.3) is 0 Å². The van der Waals surface area contributed by atoms with Gasteiger partial charge in [-0.3, -0.25) is 0 Å². The zero-order chi connectivity index (χ0) is 10.7. The Hall–Kier alpha value is -1.50. The lowest BCUT2D eigenvalue weighted by atomic mass is 10.1. The second-order valence-electron chi connectivity index (χ2n) is 3.15. The molecule has 0 unspecified atom stereocenters. The molecule has 74 valence electrons. The highest BCUT2D eigenvalue weighted by Crippen LogP contribution is 2.19. The molecule has 0 spiro atoms. The van der Waals surface area contributed by atoms with Gasteiger partial charge in [0.05, 0.1) is 0 Å². The Morgan fingerprint density at radius 2 is 1.93 bits per heavy atom. The number of allylic oxidation sites excluding steroid dienone is 2. The van der Waals surface area contributed by atoms with Gasteiger partial charge in [-0.1, -0.05) is 18.2 Å². The van der Waals surface area contributed by atoms with E-state index in [0.29, 0.717) is 5.42 Å². The van der Waals surface area contributed by atoms with E-state index in [1.54, 1.807) is 10.7 Å². The largest absolute Gasteiger partial charge is 0.801 e. The third kappa shape index (κ3) is 1.96. The van der Waals surface area contributed by atoms with E-state index in [9.17, 15) is 4.89 Å². The molecule has 2 nitrogen and oxygen atoms in total. The van der Waals surface area contributed by atoms with Crippen LogP contribution >= 0.6 is 8.43 Å². The fraction of sp³-hybridized carbons (Fsp3) is 0. The molecular formula is C12H10NOP. The predicted molar refractivity (Wildman–Crippen MR) is 62.9 cm³/mol. The highest BCUT2D eigenvalue weighted by atomic mass is 31.1. The summed E-state index contributed by atoms with van der Waals surface area (Å²) in [5.41, 5.74) is 2.69. The minimum absolute atomic E-state index is 0.0123. The van der Waals surface area contributed by atoms with E-state index in [2.05, 4.69) is 6.72 Å². The summed E-state index contributed by atoms with van der Waals surface area (Å²) in [5, 5.41) is 0. The Morgan fingerprint density at radius 1 is 1.20 bits per heavy atom. The molecule has 2 rings (SSSR count). The Bertz CT molecular complexity index is 472. The van der Waals surface area contributed by atoms with E-state index < -0.39 is 0 Å². The maximum absolute atomic E-state index is 10.8. The van der Waals surface area contributed by atoms with E-state index in [-0.39, 0.29) is 8.43 Å². The maximum Gasteiger partial charge on any atom is 0.218 e. The van der Waals surface area contributed by atoms with Crippen molar-refractivity contribution in [3.63, 3.8) is 0 Å². The number of benzene rings is 1. The Labute approximate surface area is 90.4 Å². The summed E-state index contributed by atoms with van der Waals surface area (Å²) in [6.07, 6.45) is 5.62. The molecule has 0 radical (unpaired) electrons. The molecular weight excluding hydrogens is 205 g/mol. The van der Waals surface area contributed by atoms with Gasteiger partial charge in [-0.25, -0.2) is 0 Å². The van der Waals surface area contributed by atoms with Gasteiger partial charge in [0.2, 0.25) is 11.1 Å². The molecule has 3 heteroatoms. The SMILES string of the molecule is C=[N+]1C(c2ccccc2)=CC=CC1=P[O-]. The van der Waals surface area contributed by atoms with Crippen LogP contribution in [0, 0.1) is 0 Å². The van der Waals surface area contributed by atoms with Gasteiger partial charge >= 0.3 is 0 Å². The highest BCUT2D eigenvalue weighted by molar-refractivity contribution is 7.32. The number of nitrogens with zero attached hydrogens (tertiary/aromatic N) is 1. The average molecular weight is 215 g/mol. The summed E-state index contributed by atoms with van der Waals surface area (Å²) >= 11 is 0. The summed E-state index contributed by atoms with van der Waals surface area (Å²) in [6, 6.07) is 9.91. The summed E-state index contributed by atoms with van der Waals surface area (Å²) in [7, 11) is -0.0123. The van der Waals surface area contributed by atoms with Crippen molar-refractivity contribution in [2.24, 2.45) is 0 Å². The van der Waals surface area contributed by atoms with E-state index in [1.807, 2.05) is 42.5 Å². The van der Waals surface area contributed by atoms with Crippen LogP contribution in [0.25, 0.3) is 5.70 Å². The summed E-state index contributed by atoms with van der Waals surface area (Å²) in [6.45, 7) is 3.88. The summed E-state index contributed by atoms with van der Waals surface area (Å²) in [4.78, 5) is 10.8. The molecule has 1 aliphatic rings. The third-order valence-electron chi connectivity index (χ3n) is 2.23. The minimum atomic E-state index is -0.0123. The van der Waals surface area contributed by atoms with Gasteiger partial charge in [-0.2, -0.15) is 4.58 Å². The molecule has 0 aromatic heterocycles. The molecule has 1 aliphatic heterocycles. The van der Waals surface area contributed by atoms with E-state index >= 15 is 0 Å². The molecule has 0 saturated carbocycles. The monoisotopic (exact) mass is 215 g/mol. The molecule has 1 heterocycles. The summed E-state index contributed by atoms with van der Waals surface area (Å²) in [5.74, 6) is 0. The van der Waals surface area contributed by atoms with Crippen LogP contribution in [0.1, 0.15) is 5.56 Å². The third-order valence-corrected chi connectivity index (χ3v) is 2.81. The Kier molecular flexibility index (Phi) is 2.91. The zero-order valence-electron chi connectivity index (χ0n) is 8.13. The number of hydrogen-bond donors (Lipinski definition) is 0. The normalized spacial score (nSPS) is 18.1. The van der Waals surface area contributed by atoms with Crippen LogP contribution < -0.4 is 4.89 Å². The van der Waals surface area contributed by atoms with Crippen LogP contribution in [-0.2, 0) is 0 Å². The second-order valence-corrected chi connectivity index (χ2v) is 3.80. The van der Waals surface area contributed by atoms with Crippen molar-refractivity contribution in [2.45, 2.75) is 0 Å². The lowest BCUT2D eigenvalue weighted by Gasteiger charge is -2.09. The summed E-state index contributed by atoms with van der Waals surface area (Å²) < 4.78 is 1.68. The second kappa shape index (κ2) is 4.35. The van der Waals surface area contributed by atoms with Crippen LogP contribution in [0.4, 0.5) is 0 Å². The molecule has 0 fully saturated rings. The highest BCUT2D eigenvalue weighted by Gasteiger charge is 2.17. The lowest BCUT2D eigenvalue weighted by Crippen LogP contribution is -2.17. The average Bonchev–Trinajstić information content (AvgIpc) is 2.30. The minimum Gasteiger partial charge on any atom is -0.801 e. The van der Waals surface area contributed by atoms with Gasteiger partial charge in [0.1, 0.15) is 6.72 Å². The Balaban J connectivity index is 2.44. The number of hydrogen-bond acceptors (Lipinski definition) is 1. The van der Waals surface area contributed by atoms with Crippen molar-refractivity contribution < 1.29 is 9.47 Å². The van der Waals surface area contributed by atoms with E-state index in [4.69, 9.17) is 0 Å². The van der Waals surface area contributed by atoms with Crippen LogP contribution in [-0.4, -0.2) is 16.7 Å². The molecule has 0 aliphatic carbocycles. The molecule has 1 aromatic carbocycles.